The Hall–Kier alpha value is -1.77. The molecule has 1 aromatic heterocycles. The lowest BCUT2D eigenvalue weighted by molar-refractivity contribution is 0.415. The molecule has 0 spiro atoms. The van der Waals surface area contributed by atoms with Crippen LogP contribution in [0.4, 0.5) is 5.69 Å². The van der Waals surface area contributed by atoms with E-state index < -0.39 is 0 Å². The van der Waals surface area contributed by atoms with E-state index in [1.54, 1.807) is 7.11 Å². The van der Waals surface area contributed by atoms with Gasteiger partial charge in [-0.05, 0) is 39.0 Å². The number of anilines is 1. The summed E-state index contributed by atoms with van der Waals surface area (Å²) in [5, 5.41) is 4.57. The highest BCUT2D eigenvalue weighted by Crippen LogP contribution is 2.27. The summed E-state index contributed by atoms with van der Waals surface area (Å²) in [4.78, 5) is 4.53. The Balaban J connectivity index is 2.59. The van der Waals surface area contributed by atoms with E-state index in [9.17, 15) is 0 Å². The Morgan fingerprint density at radius 2 is 2.00 bits per heavy atom. The van der Waals surface area contributed by atoms with Gasteiger partial charge in [0.25, 0.3) is 0 Å². The summed E-state index contributed by atoms with van der Waals surface area (Å²) in [6, 6.07) is 8.46. The molecule has 90 valence electrons. The number of pyridine rings is 1. The van der Waals surface area contributed by atoms with Crippen molar-refractivity contribution < 1.29 is 4.74 Å². The van der Waals surface area contributed by atoms with Crippen molar-refractivity contribution in [1.29, 1.82) is 0 Å². The molecule has 3 heteroatoms. The molecule has 0 aliphatic carbocycles. The number of fused-ring (bicyclic) bond motifs is 1. The molecule has 3 nitrogen and oxygen atoms in total. The Bertz CT molecular complexity index is 535. The highest BCUT2D eigenvalue weighted by molar-refractivity contribution is 5.92. The Labute approximate surface area is 102 Å². The molecule has 0 radical (unpaired) electrons. The number of hydrogen-bond donors (Lipinski definition) is 1. The third-order valence-corrected chi connectivity index (χ3v) is 2.59. The zero-order valence-corrected chi connectivity index (χ0v) is 10.7. The van der Waals surface area contributed by atoms with Crippen molar-refractivity contribution in [3.05, 3.63) is 30.0 Å². The summed E-state index contributed by atoms with van der Waals surface area (Å²) in [5.41, 5.74) is 3.10. The number of rotatable bonds is 3. The number of benzene rings is 1. The number of ether oxygens (including phenoxy) is 1. The van der Waals surface area contributed by atoms with E-state index in [0.29, 0.717) is 6.04 Å². The Kier molecular flexibility index (Phi) is 3.18. The molecule has 0 saturated carbocycles. The van der Waals surface area contributed by atoms with Gasteiger partial charge in [-0.3, -0.25) is 4.98 Å². The summed E-state index contributed by atoms with van der Waals surface area (Å²) in [5.74, 6) is 0.839. The topological polar surface area (TPSA) is 34.1 Å². The van der Waals surface area contributed by atoms with E-state index in [2.05, 4.69) is 30.2 Å². The maximum atomic E-state index is 5.22. The van der Waals surface area contributed by atoms with Crippen molar-refractivity contribution in [3.8, 4) is 5.75 Å². The number of aryl methyl sites for hydroxylation is 1. The van der Waals surface area contributed by atoms with E-state index in [1.807, 2.05) is 25.1 Å². The summed E-state index contributed by atoms with van der Waals surface area (Å²) >= 11 is 0. The second kappa shape index (κ2) is 4.62. The monoisotopic (exact) mass is 230 g/mol. The maximum Gasteiger partial charge on any atom is 0.121 e. The highest BCUT2D eigenvalue weighted by atomic mass is 16.5. The van der Waals surface area contributed by atoms with Gasteiger partial charge in [0.15, 0.2) is 0 Å². The number of methoxy groups -OCH3 is 1. The van der Waals surface area contributed by atoms with Crippen LogP contribution in [0.25, 0.3) is 10.9 Å². The molecule has 0 unspecified atom stereocenters. The average molecular weight is 230 g/mol. The van der Waals surface area contributed by atoms with E-state index in [0.717, 1.165) is 28.0 Å². The molecule has 17 heavy (non-hydrogen) atoms. The van der Waals surface area contributed by atoms with Crippen LogP contribution in [0.5, 0.6) is 5.75 Å². The first-order valence-corrected chi connectivity index (χ1v) is 5.82. The minimum Gasteiger partial charge on any atom is -0.497 e. The molecule has 1 heterocycles. The summed E-state index contributed by atoms with van der Waals surface area (Å²) < 4.78 is 5.22. The van der Waals surface area contributed by atoms with E-state index in [1.165, 1.54) is 0 Å². The molecule has 2 aromatic rings. The second-order valence-corrected chi connectivity index (χ2v) is 4.49. The fourth-order valence-corrected chi connectivity index (χ4v) is 1.90. The lowest BCUT2D eigenvalue weighted by Gasteiger charge is -2.14. The molecular weight excluding hydrogens is 212 g/mol. The minimum absolute atomic E-state index is 0.405. The van der Waals surface area contributed by atoms with Crippen molar-refractivity contribution in [2.24, 2.45) is 0 Å². The predicted octanol–water partition coefficient (Wildman–Crippen LogP) is 3.37. The first-order chi connectivity index (χ1) is 8.10. The van der Waals surface area contributed by atoms with Gasteiger partial charge in [-0.25, -0.2) is 0 Å². The number of nitrogens with one attached hydrogen (secondary N) is 1. The quantitative estimate of drug-likeness (QED) is 0.877. The van der Waals surface area contributed by atoms with Crippen molar-refractivity contribution >= 4 is 16.6 Å². The van der Waals surface area contributed by atoms with E-state index in [4.69, 9.17) is 4.74 Å². The Morgan fingerprint density at radius 3 is 2.65 bits per heavy atom. The van der Waals surface area contributed by atoms with Crippen LogP contribution in [0.1, 0.15) is 19.5 Å². The van der Waals surface area contributed by atoms with Crippen LogP contribution in [-0.4, -0.2) is 18.1 Å². The first-order valence-electron chi connectivity index (χ1n) is 5.82. The molecular formula is C14H18N2O. The molecule has 0 aliphatic rings. The minimum atomic E-state index is 0.405. The molecule has 1 N–H and O–H groups in total. The lowest BCUT2D eigenvalue weighted by Crippen LogP contribution is -2.10. The molecule has 0 amide bonds. The molecule has 0 bridgehead atoms. The second-order valence-electron chi connectivity index (χ2n) is 4.49. The van der Waals surface area contributed by atoms with Crippen molar-refractivity contribution in [1.82, 2.24) is 4.98 Å². The van der Waals surface area contributed by atoms with Crippen LogP contribution in [0.15, 0.2) is 24.3 Å². The molecule has 0 fully saturated rings. The van der Waals surface area contributed by atoms with Crippen LogP contribution in [-0.2, 0) is 0 Å². The fourth-order valence-electron chi connectivity index (χ4n) is 1.90. The van der Waals surface area contributed by atoms with E-state index >= 15 is 0 Å². The van der Waals surface area contributed by atoms with Gasteiger partial charge in [-0.1, -0.05) is 0 Å². The molecule has 2 rings (SSSR count). The van der Waals surface area contributed by atoms with Gasteiger partial charge in [0, 0.05) is 28.9 Å². The van der Waals surface area contributed by atoms with E-state index in [-0.39, 0.29) is 0 Å². The number of nitrogens with zero attached hydrogens (tertiary/aromatic N) is 1. The van der Waals surface area contributed by atoms with Crippen molar-refractivity contribution in [2.45, 2.75) is 26.8 Å². The van der Waals surface area contributed by atoms with Gasteiger partial charge in [-0.15, -0.1) is 0 Å². The standard InChI is InChI=1S/C14H18N2O/c1-9(2)15-13-7-10(3)16-14-8-11(17-4)5-6-12(13)14/h5-9H,1-4H3,(H,15,16). The maximum absolute atomic E-state index is 5.22. The average Bonchev–Trinajstić information content (AvgIpc) is 2.27. The van der Waals surface area contributed by atoms with Crippen molar-refractivity contribution in [3.63, 3.8) is 0 Å². The van der Waals surface area contributed by atoms with Gasteiger partial charge >= 0.3 is 0 Å². The molecule has 1 aromatic carbocycles. The summed E-state index contributed by atoms with van der Waals surface area (Å²) in [7, 11) is 1.67. The number of aromatic nitrogens is 1. The van der Waals surface area contributed by atoms with Gasteiger partial charge in [0.1, 0.15) is 5.75 Å². The van der Waals surface area contributed by atoms with Crippen LogP contribution in [0.3, 0.4) is 0 Å². The first kappa shape index (κ1) is 11.7. The van der Waals surface area contributed by atoms with Crippen molar-refractivity contribution in [2.75, 3.05) is 12.4 Å². The van der Waals surface area contributed by atoms with Gasteiger partial charge in [0.05, 0.1) is 12.6 Å². The zero-order valence-electron chi connectivity index (χ0n) is 10.7. The van der Waals surface area contributed by atoms with Crippen LogP contribution >= 0.6 is 0 Å². The molecule has 0 aliphatic heterocycles. The van der Waals surface area contributed by atoms with Gasteiger partial charge in [0.2, 0.25) is 0 Å². The third-order valence-electron chi connectivity index (χ3n) is 2.59. The van der Waals surface area contributed by atoms with Crippen LogP contribution in [0.2, 0.25) is 0 Å². The zero-order chi connectivity index (χ0) is 12.4. The molecule has 0 saturated heterocycles. The largest absolute Gasteiger partial charge is 0.497 e. The third kappa shape index (κ3) is 2.49. The predicted molar refractivity (Wildman–Crippen MR) is 71.8 cm³/mol. The summed E-state index contributed by atoms with van der Waals surface area (Å²) in [6.07, 6.45) is 0. The van der Waals surface area contributed by atoms with Gasteiger partial charge in [-0.2, -0.15) is 0 Å². The lowest BCUT2D eigenvalue weighted by atomic mass is 10.1. The highest BCUT2D eigenvalue weighted by Gasteiger charge is 2.06. The van der Waals surface area contributed by atoms with Crippen LogP contribution in [0, 0.1) is 6.92 Å². The summed E-state index contributed by atoms with van der Waals surface area (Å²) in [6.45, 7) is 6.26. The number of hydrogen-bond acceptors (Lipinski definition) is 3. The normalized spacial score (nSPS) is 10.9. The van der Waals surface area contributed by atoms with Crippen LogP contribution < -0.4 is 10.1 Å². The van der Waals surface area contributed by atoms with Gasteiger partial charge < -0.3 is 10.1 Å². The molecule has 0 atom stereocenters. The smallest absolute Gasteiger partial charge is 0.121 e. The fraction of sp³-hybridized carbons (Fsp3) is 0.357. The Morgan fingerprint density at radius 1 is 1.24 bits per heavy atom. The SMILES string of the molecule is COc1ccc2c(NC(C)C)cc(C)nc2c1.